The Balaban J connectivity index is 0.00000144. The molecule has 92 valence electrons. The summed E-state index contributed by atoms with van der Waals surface area (Å²) < 4.78 is 3.82. The fourth-order valence-electron chi connectivity index (χ4n) is 1.47. The van der Waals surface area contributed by atoms with Crippen molar-refractivity contribution in [1.29, 1.82) is 0 Å². The fourth-order valence-corrected chi connectivity index (χ4v) is 1.93. The molecule has 17 heavy (non-hydrogen) atoms. The number of hydrogen-bond acceptors (Lipinski definition) is 5. The van der Waals surface area contributed by atoms with E-state index in [0.717, 1.165) is 16.8 Å². The van der Waals surface area contributed by atoms with Crippen molar-refractivity contribution in [3.05, 3.63) is 35.2 Å². The third-order valence-corrected chi connectivity index (χ3v) is 2.85. The van der Waals surface area contributed by atoms with Crippen molar-refractivity contribution in [2.45, 2.75) is 12.5 Å². The van der Waals surface area contributed by atoms with Crippen LogP contribution in [0.4, 0.5) is 0 Å². The van der Waals surface area contributed by atoms with Crippen molar-refractivity contribution < 1.29 is 5.11 Å². The van der Waals surface area contributed by atoms with Crippen LogP contribution < -0.4 is 5.73 Å². The van der Waals surface area contributed by atoms with Crippen molar-refractivity contribution in [1.82, 2.24) is 9.59 Å². The lowest BCUT2D eigenvalue weighted by Crippen LogP contribution is -2.26. The van der Waals surface area contributed by atoms with E-state index in [1.807, 2.05) is 29.6 Å². The molecule has 3 N–H and O–H groups in total. The molecule has 0 aliphatic heterocycles. The number of aromatic nitrogens is 2. The van der Waals surface area contributed by atoms with Gasteiger partial charge in [-0.25, -0.2) is 0 Å². The Morgan fingerprint density at radius 3 is 2.53 bits per heavy atom. The highest BCUT2D eigenvalue weighted by Crippen LogP contribution is 2.18. The zero-order valence-electron chi connectivity index (χ0n) is 9.11. The second-order valence-electron chi connectivity index (χ2n) is 3.63. The Labute approximate surface area is 110 Å². The molecule has 4 nitrogen and oxygen atoms in total. The summed E-state index contributed by atoms with van der Waals surface area (Å²) in [5, 5.41) is 14.8. The van der Waals surface area contributed by atoms with Crippen LogP contribution in [0.2, 0.25) is 0 Å². The first-order chi connectivity index (χ1) is 7.79. The molecule has 1 heterocycles. The van der Waals surface area contributed by atoms with Gasteiger partial charge in [0.25, 0.3) is 0 Å². The second kappa shape index (κ2) is 6.66. The minimum atomic E-state index is -0.188. The maximum Gasteiger partial charge on any atom is 0.105 e. The van der Waals surface area contributed by atoms with E-state index in [4.69, 9.17) is 10.8 Å². The lowest BCUT2D eigenvalue weighted by molar-refractivity contribution is 0.265. The zero-order chi connectivity index (χ0) is 11.4. The molecule has 2 aromatic rings. The van der Waals surface area contributed by atoms with Crippen molar-refractivity contribution >= 4 is 23.9 Å². The van der Waals surface area contributed by atoms with E-state index < -0.39 is 0 Å². The molecule has 1 unspecified atom stereocenters. The van der Waals surface area contributed by atoms with Gasteiger partial charge >= 0.3 is 0 Å². The molecule has 0 radical (unpaired) electrons. The van der Waals surface area contributed by atoms with Gasteiger partial charge in [-0.05, 0) is 23.5 Å². The van der Waals surface area contributed by atoms with E-state index in [1.54, 1.807) is 0 Å². The van der Waals surface area contributed by atoms with Gasteiger partial charge in [-0.3, -0.25) is 0 Å². The quantitative estimate of drug-likeness (QED) is 0.884. The van der Waals surface area contributed by atoms with Crippen LogP contribution >= 0.6 is 23.9 Å². The number of hydrogen-bond donors (Lipinski definition) is 2. The molecule has 0 bridgehead atoms. The number of aliphatic hydroxyl groups excluding tert-OH is 1. The second-order valence-corrected chi connectivity index (χ2v) is 4.24. The fraction of sp³-hybridized carbons (Fsp3) is 0.273. The third kappa shape index (κ3) is 3.74. The molecule has 6 heteroatoms. The van der Waals surface area contributed by atoms with Crippen LogP contribution in [0.15, 0.2) is 29.6 Å². The van der Waals surface area contributed by atoms with E-state index in [2.05, 4.69) is 9.59 Å². The Morgan fingerprint density at radius 2 is 2.00 bits per heavy atom. The van der Waals surface area contributed by atoms with E-state index in [1.165, 1.54) is 11.5 Å². The Kier molecular flexibility index (Phi) is 5.50. The maximum absolute atomic E-state index is 8.86. The summed E-state index contributed by atoms with van der Waals surface area (Å²) in [4.78, 5) is 0. The van der Waals surface area contributed by atoms with Gasteiger partial charge in [0.2, 0.25) is 0 Å². The molecule has 0 aliphatic rings. The number of rotatable bonds is 4. The average molecular weight is 272 g/mol. The molecule has 0 aliphatic carbocycles. The van der Waals surface area contributed by atoms with Crippen LogP contribution in [-0.4, -0.2) is 27.3 Å². The minimum Gasteiger partial charge on any atom is -0.395 e. The van der Waals surface area contributed by atoms with E-state index >= 15 is 0 Å². The summed E-state index contributed by atoms with van der Waals surface area (Å²) in [6.07, 6.45) is 0.687. The average Bonchev–Trinajstić information content (AvgIpc) is 2.83. The largest absolute Gasteiger partial charge is 0.395 e. The van der Waals surface area contributed by atoms with Gasteiger partial charge in [-0.2, -0.15) is 0 Å². The highest BCUT2D eigenvalue weighted by molar-refractivity contribution is 7.03. The third-order valence-electron chi connectivity index (χ3n) is 2.34. The Bertz CT molecular complexity index is 432. The molecule has 1 aromatic carbocycles. The SMILES string of the molecule is Cl.NC(CO)Cc1ccc(-c2csnn2)cc1. The lowest BCUT2D eigenvalue weighted by Gasteiger charge is -2.07. The highest BCUT2D eigenvalue weighted by Gasteiger charge is 2.04. The maximum atomic E-state index is 8.86. The number of benzene rings is 1. The molecule has 0 spiro atoms. The molecule has 0 saturated carbocycles. The van der Waals surface area contributed by atoms with Crippen LogP contribution in [0.25, 0.3) is 11.3 Å². The summed E-state index contributed by atoms with van der Waals surface area (Å²) in [6.45, 7) is 0.0117. The molecule has 0 fully saturated rings. The van der Waals surface area contributed by atoms with Crippen LogP contribution in [0, 0.1) is 0 Å². The molecule has 1 atom stereocenters. The van der Waals surface area contributed by atoms with Crippen molar-refractivity contribution in [3.8, 4) is 11.3 Å². The van der Waals surface area contributed by atoms with Gasteiger partial charge < -0.3 is 10.8 Å². The van der Waals surface area contributed by atoms with Gasteiger partial charge in [-0.1, -0.05) is 28.8 Å². The van der Waals surface area contributed by atoms with E-state index in [9.17, 15) is 0 Å². The molecule has 2 rings (SSSR count). The van der Waals surface area contributed by atoms with Crippen LogP contribution in [0.1, 0.15) is 5.56 Å². The predicted octanol–water partition coefficient (Wildman–Crippen LogP) is 1.49. The number of nitrogens with zero attached hydrogens (tertiary/aromatic N) is 2. The van der Waals surface area contributed by atoms with E-state index in [-0.39, 0.29) is 25.1 Å². The first-order valence-electron chi connectivity index (χ1n) is 5.02. The first-order valence-corrected chi connectivity index (χ1v) is 5.86. The summed E-state index contributed by atoms with van der Waals surface area (Å²) in [7, 11) is 0. The Morgan fingerprint density at radius 1 is 1.29 bits per heavy atom. The van der Waals surface area contributed by atoms with Gasteiger partial charge in [0.05, 0.1) is 6.61 Å². The van der Waals surface area contributed by atoms with Gasteiger partial charge in [0, 0.05) is 17.0 Å². The zero-order valence-corrected chi connectivity index (χ0v) is 10.7. The number of nitrogens with two attached hydrogens (primary N) is 1. The summed E-state index contributed by atoms with van der Waals surface area (Å²) in [5.41, 5.74) is 8.73. The van der Waals surface area contributed by atoms with Crippen molar-refractivity contribution in [3.63, 3.8) is 0 Å². The topological polar surface area (TPSA) is 72.0 Å². The molecular weight excluding hydrogens is 258 g/mol. The summed E-state index contributed by atoms with van der Waals surface area (Å²) >= 11 is 1.34. The normalized spacial score (nSPS) is 11.9. The Hall–Kier alpha value is -1.01. The van der Waals surface area contributed by atoms with Gasteiger partial charge in [0.15, 0.2) is 0 Å². The molecule has 0 saturated heterocycles. The molecule has 1 aromatic heterocycles. The predicted molar refractivity (Wildman–Crippen MR) is 71.4 cm³/mol. The smallest absolute Gasteiger partial charge is 0.105 e. The van der Waals surface area contributed by atoms with Crippen molar-refractivity contribution in [2.24, 2.45) is 5.73 Å². The number of halogens is 1. The summed E-state index contributed by atoms with van der Waals surface area (Å²) in [5.74, 6) is 0. The minimum absolute atomic E-state index is 0. The van der Waals surface area contributed by atoms with Gasteiger partial charge in [0.1, 0.15) is 5.69 Å². The lowest BCUT2D eigenvalue weighted by atomic mass is 10.0. The monoisotopic (exact) mass is 271 g/mol. The number of aliphatic hydroxyl groups is 1. The van der Waals surface area contributed by atoms with Crippen LogP contribution in [-0.2, 0) is 6.42 Å². The van der Waals surface area contributed by atoms with Crippen LogP contribution in [0.3, 0.4) is 0 Å². The molecular formula is C11H14ClN3OS. The highest BCUT2D eigenvalue weighted by atomic mass is 35.5. The van der Waals surface area contributed by atoms with Crippen molar-refractivity contribution in [2.75, 3.05) is 6.61 Å². The molecule has 0 amide bonds. The van der Waals surface area contributed by atoms with Crippen LogP contribution in [0.5, 0.6) is 0 Å². The summed E-state index contributed by atoms with van der Waals surface area (Å²) in [6, 6.07) is 7.81. The first kappa shape index (κ1) is 14.1. The standard InChI is InChI=1S/C11H13N3OS.ClH/c12-10(6-15)5-8-1-3-9(4-2-8)11-7-16-14-13-11;/h1-4,7,10,15H,5-6,12H2;1H. The van der Waals surface area contributed by atoms with E-state index in [0.29, 0.717) is 6.42 Å². The van der Waals surface area contributed by atoms with Gasteiger partial charge in [-0.15, -0.1) is 17.5 Å².